The van der Waals surface area contributed by atoms with Gasteiger partial charge in [-0.25, -0.2) is 15.0 Å². The Kier molecular flexibility index (Phi) is 4.76. The molecule has 1 N–H and O–H groups in total. The molecule has 0 bridgehead atoms. The molecule has 0 aromatic carbocycles. The van der Waals surface area contributed by atoms with E-state index in [0.717, 1.165) is 44.1 Å². The number of nitrogens with zero attached hydrogens (tertiary/aromatic N) is 4. The number of hydrogen-bond acceptors (Lipinski definition) is 6. The molecular formula is C18H23N5OS. The standard InChI is InChI=1S/C18H23N5OS/c1-12-15(25-17(22-12)16-19-7-2-8-20-16)18(24)23-9-5-14(6-10-23)21-11-13-3-4-13/h2,7-8,13-14,21H,3-6,9-11H2,1H3. The molecule has 0 spiro atoms. The lowest BCUT2D eigenvalue weighted by atomic mass is 10.0. The van der Waals surface area contributed by atoms with Crippen molar-refractivity contribution in [2.45, 2.75) is 38.6 Å². The minimum absolute atomic E-state index is 0.0952. The summed E-state index contributed by atoms with van der Waals surface area (Å²) < 4.78 is 0. The van der Waals surface area contributed by atoms with Crippen molar-refractivity contribution in [3.8, 4) is 10.8 Å². The zero-order valence-electron chi connectivity index (χ0n) is 14.4. The normalized spacial score (nSPS) is 18.5. The van der Waals surface area contributed by atoms with Crippen LogP contribution in [-0.4, -0.2) is 51.4 Å². The Bertz CT molecular complexity index is 735. The maximum atomic E-state index is 12.9. The average molecular weight is 357 g/mol. The number of nitrogens with one attached hydrogen (secondary N) is 1. The number of aryl methyl sites for hydroxylation is 1. The topological polar surface area (TPSA) is 71.0 Å². The Labute approximate surface area is 151 Å². The van der Waals surface area contributed by atoms with E-state index in [1.165, 1.54) is 24.2 Å². The van der Waals surface area contributed by atoms with Gasteiger partial charge in [0.15, 0.2) is 10.8 Å². The molecular weight excluding hydrogens is 334 g/mol. The summed E-state index contributed by atoms with van der Waals surface area (Å²) in [6.07, 6.45) is 8.21. The van der Waals surface area contributed by atoms with Gasteiger partial charge in [-0.1, -0.05) is 0 Å². The minimum atomic E-state index is 0.0952. The second-order valence-electron chi connectivity index (χ2n) is 6.92. The molecule has 1 saturated heterocycles. The molecule has 3 heterocycles. The smallest absolute Gasteiger partial charge is 0.265 e. The van der Waals surface area contributed by atoms with Crippen LogP contribution in [0.25, 0.3) is 10.8 Å². The summed E-state index contributed by atoms with van der Waals surface area (Å²) in [5.74, 6) is 1.58. The molecule has 1 amide bonds. The van der Waals surface area contributed by atoms with E-state index in [1.54, 1.807) is 18.5 Å². The fourth-order valence-corrected chi connectivity index (χ4v) is 4.17. The predicted octanol–water partition coefficient (Wildman–Crippen LogP) is 2.51. The fraction of sp³-hybridized carbons (Fsp3) is 0.556. The zero-order chi connectivity index (χ0) is 17.2. The molecule has 1 aliphatic carbocycles. The van der Waals surface area contributed by atoms with Crippen LogP contribution in [0.5, 0.6) is 0 Å². The highest BCUT2D eigenvalue weighted by molar-refractivity contribution is 7.17. The lowest BCUT2D eigenvalue weighted by Gasteiger charge is -2.32. The van der Waals surface area contributed by atoms with Crippen molar-refractivity contribution >= 4 is 17.2 Å². The third kappa shape index (κ3) is 3.88. The van der Waals surface area contributed by atoms with Gasteiger partial charge in [-0.3, -0.25) is 4.79 Å². The van der Waals surface area contributed by atoms with E-state index in [1.807, 2.05) is 11.8 Å². The van der Waals surface area contributed by atoms with Crippen LogP contribution in [0, 0.1) is 12.8 Å². The Morgan fingerprint density at radius 2 is 1.96 bits per heavy atom. The fourth-order valence-electron chi connectivity index (χ4n) is 3.19. The SMILES string of the molecule is Cc1nc(-c2ncccn2)sc1C(=O)N1CCC(NCC2CC2)CC1. The summed E-state index contributed by atoms with van der Waals surface area (Å²) in [5, 5.41) is 4.37. The van der Waals surface area contributed by atoms with E-state index < -0.39 is 0 Å². The molecule has 0 atom stereocenters. The summed E-state index contributed by atoms with van der Waals surface area (Å²) in [6, 6.07) is 2.33. The van der Waals surface area contributed by atoms with Gasteiger partial charge in [-0.15, -0.1) is 11.3 Å². The lowest BCUT2D eigenvalue weighted by Crippen LogP contribution is -2.45. The largest absolute Gasteiger partial charge is 0.338 e. The lowest BCUT2D eigenvalue weighted by molar-refractivity contribution is 0.0709. The molecule has 132 valence electrons. The third-order valence-electron chi connectivity index (χ3n) is 4.92. The molecule has 6 nitrogen and oxygen atoms in total. The maximum Gasteiger partial charge on any atom is 0.265 e. The summed E-state index contributed by atoms with van der Waals surface area (Å²) in [6.45, 7) is 4.67. The van der Waals surface area contributed by atoms with Crippen molar-refractivity contribution in [1.82, 2.24) is 25.2 Å². The Hall–Kier alpha value is -1.86. The highest BCUT2D eigenvalue weighted by Crippen LogP contribution is 2.29. The van der Waals surface area contributed by atoms with Gasteiger partial charge >= 0.3 is 0 Å². The van der Waals surface area contributed by atoms with Gasteiger partial charge in [0.25, 0.3) is 5.91 Å². The first kappa shape index (κ1) is 16.6. The number of likely N-dealkylation sites (tertiary alicyclic amines) is 1. The molecule has 2 aromatic rings. The van der Waals surface area contributed by atoms with Crippen LogP contribution >= 0.6 is 11.3 Å². The predicted molar refractivity (Wildman–Crippen MR) is 97.5 cm³/mol. The van der Waals surface area contributed by atoms with E-state index in [9.17, 15) is 4.79 Å². The van der Waals surface area contributed by atoms with E-state index in [4.69, 9.17) is 0 Å². The molecule has 7 heteroatoms. The van der Waals surface area contributed by atoms with Crippen molar-refractivity contribution in [1.29, 1.82) is 0 Å². The second-order valence-corrected chi connectivity index (χ2v) is 7.92. The van der Waals surface area contributed by atoms with E-state index in [0.29, 0.717) is 21.8 Å². The van der Waals surface area contributed by atoms with Gasteiger partial charge < -0.3 is 10.2 Å². The number of carbonyl (C=O) groups is 1. The summed E-state index contributed by atoms with van der Waals surface area (Å²) in [4.78, 5) is 28.5. The molecule has 1 saturated carbocycles. The number of thiazole rings is 1. The highest BCUT2D eigenvalue weighted by Gasteiger charge is 2.28. The van der Waals surface area contributed by atoms with Gasteiger partial charge in [0.1, 0.15) is 4.88 Å². The highest BCUT2D eigenvalue weighted by atomic mass is 32.1. The van der Waals surface area contributed by atoms with Crippen LogP contribution in [0.15, 0.2) is 18.5 Å². The number of rotatable bonds is 5. The third-order valence-corrected chi connectivity index (χ3v) is 6.06. The number of carbonyl (C=O) groups excluding carboxylic acids is 1. The van der Waals surface area contributed by atoms with Gasteiger partial charge in [-0.05, 0) is 51.1 Å². The first-order chi connectivity index (χ1) is 12.2. The summed E-state index contributed by atoms with van der Waals surface area (Å²) in [7, 11) is 0. The van der Waals surface area contributed by atoms with E-state index >= 15 is 0 Å². The van der Waals surface area contributed by atoms with Crippen molar-refractivity contribution in [3.05, 3.63) is 29.0 Å². The Balaban J connectivity index is 1.39. The zero-order valence-corrected chi connectivity index (χ0v) is 15.3. The number of hydrogen-bond donors (Lipinski definition) is 1. The molecule has 0 radical (unpaired) electrons. The molecule has 4 rings (SSSR count). The first-order valence-electron chi connectivity index (χ1n) is 8.98. The Morgan fingerprint density at radius 3 is 2.64 bits per heavy atom. The van der Waals surface area contributed by atoms with Crippen molar-refractivity contribution in [2.75, 3.05) is 19.6 Å². The molecule has 2 aromatic heterocycles. The molecule has 1 aliphatic heterocycles. The van der Waals surface area contributed by atoms with E-state index in [2.05, 4.69) is 20.3 Å². The van der Waals surface area contributed by atoms with Crippen molar-refractivity contribution in [3.63, 3.8) is 0 Å². The van der Waals surface area contributed by atoms with Crippen LogP contribution < -0.4 is 5.32 Å². The number of aromatic nitrogens is 3. The van der Waals surface area contributed by atoms with Crippen molar-refractivity contribution < 1.29 is 4.79 Å². The number of amides is 1. The van der Waals surface area contributed by atoms with Crippen LogP contribution in [0.4, 0.5) is 0 Å². The molecule has 2 fully saturated rings. The average Bonchev–Trinajstić information content (AvgIpc) is 3.41. The minimum Gasteiger partial charge on any atom is -0.338 e. The monoisotopic (exact) mass is 357 g/mol. The molecule has 0 unspecified atom stereocenters. The Morgan fingerprint density at radius 1 is 1.24 bits per heavy atom. The van der Waals surface area contributed by atoms with Gasteiger partial charge in [0, 0.05) is 31.5 Å². The quantitative estimate of drug-likeness (QED) is 0.890. The van der Waals surface area contributed by atoms with Crippen LogP contribution in [0.3, 0.4) is 0 Å². The van der Waals surface area contributed by atoms with Gasteiger partial charge in [0.05, 0.1) is 5.69 Å². The van der Waals surface area contributed by atoms with Gasteiger partial charge in [0.2, 0.25) is 0 Å². The molecule has 2 aliphatic rings. The maximum absolute atomic E-state index is 12.9. The van der Waals surface area contributed by atoms with Gasteiger partial charge in [-0.2, -0.15) is 0 Å². The van der Waals surface area contributed by atoms with Crippen LogP contribution in [0.1, 0.15) is 41.0 Å². The molecule has 25 heavy (non-hydrogen) atoms. The summed E-state index contributed by atoms with van der Waals surface area (Å²) >= 11 is 1.39. The van der Waals surface area contributed by atoms with Crippen LogP contribution in [0.2, 0.25) is 0 Å². The first-order valence-corrected chi connectivity index (χ1v) is 9.80. The van der Waals surface area contributed by atoms with Crippen molar-refractivity contribution in [2.24, 2.45) is 5.92 Å². The van der Waals surface area contributed by atoms with E-state index in [-0.39, 0.29) is 5.91 Å². The summed E-state index contributed by atoms with van der Waals surface area (Å²) in [5.41, 5.74) is 0.770. The van der Waals surface area contributed by atoms with Crippen LogP contribution in [-0.2, 0) is 0 Å². The number of piperidine rings is 1. The second kappa shape index (κ2) is 7.17.